The average molecular weight is 258 g/mol. The zero-order valence-corrected chi connectivity index (χ0v) is 12.0. The summed E-state index contributed by atoms with van der Waals surface area (Å²) in [4.78, 5) is 24.2. The molecule has 106 valence electrons. The van der Waals surface area contributed by atoms with Gasteiger partial charge in [0.15, 0.2) is 0 Å². The average Bonchev–Trinajstić information content (AvgIpc) is 2.22. The van der Waals surface area contributed by atoms with Crippen LogP contribution in [0.3, 0.4) is 0 Å². The molecule has 0 fully saturated rings. The number of amides is 2. The lowest BCUT2D eigenvalue weighted by atomic mass is 10.1. The molecule has 0 aromatic heterocycles. The van der Waals surface area contributed by atoms with Gasteiger partial charge >= 0.3 is 12.0 Å². The van der Waals surface area contributed by atoms with Crippen molar-refractivity contribution in [3.8, 4) is 0 Å². The molecular formula is C13H26N2O3. The minimum atomic E-state index is -0.886. The van der Waals surface area contributed by atoms with Gasteiger partial charge in [0, 0.05) is 18.6 Å². The van der Waals surface area contributed by atoms with Gasteiger partial charge in [-0.1, -0.05) is 19.8 Å². The summed E-state index contributed by atoms with van der Waals surface area (Å²) in [7, 11) is 0. The molecule has 0 saturated heterocycles. The molecule has 0 aromatic carbocycles. The van der Waals surface area contributed by atoms with Gasteiger partial charge < -0.3 is 15.3 Å². The van der Waals surface area contributed by atoms with Gasteiger partial charge in [-0.25, -0.2) is 4.79 Å². The smallest absolute Gasteiger partial charge is 0.317 e. The number of carboxylic acids is 1. The Morgan fingerprint density at radius 2 is 1.83 bits per heavy atom. The van der Waals surface area contributed by atoms with E-state index in [1.54, 1.807) is 4.90 Å². The Hall–Kier alpha value is -1.26. The fraction of sp³-hybridized carbons (Fsp3) is 0.846. The summed E-state index contributed by atoms with van der Waals surface area (Å²) in [5.74, 6) is -0.886. The van der Waals surface area contributed by atoms with Crippen LogP contribution >= 0.6 is 0 Å². The van der Waals surface area contributed by atoms with Gasteiger partial charge in [-0.2, -0.15) is 0 Å². The van der Waals surface area contributed by atoms with Crippen molar-refractivity contribution >= 4 is 12.0 Å². The molecule has 0 aromatic rings. The zero-order chi connectivity index (χ0) is 14.2. The quantitative estimate of drug-likeness (QED) is 0.689. The highest BCUT2D eigenvalue weighted by atomic mass is 16.4. The van der Waals surface area contributed by atoms with Crippen LogP contribution in [-0.2, 0) is 4.79 Å². The van der Waals surface area contributed by atoms with Gasteiger partial charge in [-0.05, 0) is 27.2 Å². The van der Waals surface area contributed by atoms with E-state index in [2.05, 4.69) is 12.2 Å². The molecule has 2 amide bonds. The number of carboxylic acid groups (broad SMARTS) is 1. The number of nitrogens with zero attached hydrogens (tertiary/aromatic N) is 1. The van der Waals surface area contributed by atoms with Crippen molar-refractivity contribution in [2.75, 3.05) is 13.1 Å². The minimum absolute atomic E-state index is 0.0281. The molecule has 18 heavy (non-hydrogen) atoms. The van der Waals surface area contributed by atoms with E-state index in [1.165, 1.54) is 0 Å². The molecule has 0 heterocycles. The van der Waals surface area contributed by atoms with Gasteiger partial charge in [-0.15, -0.1) is 0 Å². The Morgan fingerprint density at radius 1 is 1.22 bits per heavy atom. The number of hydrogen-bond acceptors (Lipinski definition) is 2. The van der Waals surface area contributed by atoms with Gasteiger partial charge in [0.2, 0.25) is 0 Å². The zero-order valence-electron chi connectivity index (χ0n) is 12.0. The summed E-state index contributed by atoms with van der Waals surface area (Å²) in [6, 6.07) is -0.181. The van der Waals surface area contributed by atoms with Gasteiger partial charge in [-0.3, -0.25) is 4.79 Å². The van der Waals surface area contributed by atoms with E-state index < -0.39 is 5.97 Å². The lowest BCUT2D eigenvalue weighted by Crippen LogP contribution is -2.51. The van der Waals surface area contributed by atoms with E-state index >= 15 is 0 Å². The molecule has 5 heteroatoms. The Bertz CT molecular complexity index is 272. The number of aliphatic carboxylic acids is 1. The maximum Gasteiger partial charge on any atom is 0.317 e. The second kappa shape index (κ2) is 7.95. The van der Waals surface area contributed by atoms with E-state index in [4.69, 9.17) is 5.11 Å². The molecule has 0 unspecified atom stereocenters. The molecule has 0 radical (unpaired) electrons. The number of carbonyl (C=O) groups is 2. The highest BCUT2D eigenvalue weighted by Gasteiger charge is 2.26. The van der Waals surface area contributed by atoms with E-state index in [-0.39, 0.29) is 24.5 Å². The lowest BCUT2D eigenvalue weighted by Gasteiger charge is -2.35. The third-order valence-corrected chi connectivity index (χ3v) is 2.66. The molecular weight excluding hydrogens is 232 g/mol. The molecule has 0 bridgehead atoms. The van der Waals surface area contributed by atoms with E-state index in [9.17, 15) is 9.59 Å². The molecule has 2 N–H and O–H groups in total. The Morgan fingerprint density at radius 3 is 2.28 bits per heavy atom. The van der Waals surface area contributed by atoms with Crippen LogP contribution in [0.25, 0.3) is 0 Å². The van der Waals surface area contributed by atoms with Crippen molar-refractivity contribution in [2.45, 2.75) is 58.9 Å². The highest BCUT2D eigenvalue weighted by Crippen LogP contribution is 2.13. The van der Waals surface area contributed by atoms with Crippen molar-refractivity contribution in [3.63, 3.8) is 0 Å². The molecule has 5 nitrogen and oxygen atoms in total. The SMILES string of the molecule is CCCCCNC(=O)N(CCC(=O)O)C(C)(C)C. The summed E-state index contributed by atoms with van der Waals surface area (Å²) in [5, 5.41) is 11.5. The normalized spacial score (nSPS) is 11.1. The summed E-state index contributed by atoms with van der Waals surface area (Å²) >= 11 is 0. The Labute approximate surface area is 110 Å². The van der Waals surface area contributed by atoms with Crippen LogP contribution in [-0.4, -0.2) is 40.6 Å². The third kappa shape index (κ3) is 7.14. The van der Waals surface area contributed by atoms with Crippen LogP contribution < -0.4 is 5.32 Å². The molecule has 0 aliphatic rings. The van der Waals surface area contributed by atoms with Crippen LogP contribution in [0.4, 0.5) is 4.79 Å². The largest absolute Gasteiger partial charge is 0.481 e. The van der Waals surface area contributed by atoms with E-state index in [1.807, 2.05) is 20.8 Å². The Kier molecular flexibility index (Phi) is 7.39. The van der Waals surface area contributed by atoms with E-state index in [0.29, 0.717) is 6.54 Å². The number of rotatable bonds is 7. The van der Waals surface area contributed by atoms with Crippen molar-refractivity contribution < 1.29 is 14.7 Å². The highest BCUT2D eigenvalue weighted by molar-refractivity contribution is 5.76. The fourth-order valence-corrected chi connectivity index (χ4v) is 1.61. The molecule has 0 rings (SSSR count). The maximum absolute atomic E-state index is 12.0. The number of nitrogens with one attached hydrogen (secondary N) is 1. The summed E-state index contributed by atoms with van der Waals surface area (Å²) in [6.45, 7) is 8.70. The van der Waals surface area contributed by atoms with Crippen LogP contribution in [0.15, 0.2) is 0 Å². The third-order valence-electron chi connectivity index (χ3n) is 2.66. The first kappa shape index (κ1) is 16.7. The summed E-state index contributed by atoms with van der Waals surface area (Å²) < 4.78 is 0. The van der Waals surface area contributed by atoms with Crippen molar-refractivity contribution in [2.24, 2.45) is 0 Å². The van der Waals surface area contributed by atoms with Gasteiger partial charge in [0.05, 0.1) is 6.42 Å². The van der Waals surface area contributed by atoms with Crippen LogP contribution in [0.1, 0.15) is 53.4 Å². The number of urea groups is 1. The molecule has 0 saturated carbocycles. The first-order valence-electron chi connectivity index (χ1n) is 6.56. The van der Waals surface area contributed by atoms with E-state index in [0.717, 1.165) is 19.3 Å². The second-order valence-corrected chi connectivity index (χ2v) is 5.41. The van der Waals surface area contributed by atoms with Crippen molar-refractivity contribution in [3.05, 3.63) is 0 Å². The fourth-order valence-electron chi connectivity index (χ4n) is 1.61. The summed E-state index contributed by atoms with van der Waals surface area (Å²) in [6.07, 6.45) is 3.13. The van der Waals surface area contributed by atoms with Crippen LogP contribution in [0.5, 0.6) is 0 Å². The summed E-state index contributed by atoms with van der Waals surface area (Å²) in [5.41, 5.74) is -0.371. The first-order chi connectivity index (χ1) is 8.29. The molecule has 0 aliphatic carbocycles. The molecule has 0 aliphatic heterocycles. The minimum Gasteiger partial charge on any atom is -0.481 e. The molecule has 0 spiro atoms. The van der Waals surface area contributed by atoms with Gasteiger partial charge in [0.1, 0.15) is 0 Å². The Balaban J connectivity index is 4.28. The lowest BCUT2D eigenvalue weighted by molar-refractivity contribution is -0.137. The standard InChI is InChI=1S/C13H26N2O3/c1-5-6-7-9-14-12(18)15(13(2,3)4)10-8-11(16)17/h5-10H2,1-4H3,(H,14,18)(H,16,17). The first-order valence-corrected chi connectivity index (χ1v) is 6.56. The topological polar surface area (TPSA) is 69.6 Å². The predicted molar refractivity (Wildman–Crippen MR) is 71.6 cm³/mol. The number of carbonyl (C=O) groups excluding carboxylic acids is 1. The van der Waals surface area contributed by atoms with Crippen LogP contribution in [0.2, 0.25) is 0 Å². The predicted octanol–water partition coefficient (Wildman–Crippen LogP) is 2.46. The number of hydrogen-bond donors (Lipinski definition) is 2. The van der Waals surface area contributed by atoms with Crippen molar-refractivity contribution in [1.29, 1.82) is 0 Å². The molecule has 0 atom stereocenters. The second-order valence-electron chi connectivity index (χ2n) is 5.41. The van der Waals surface area contributed by atoms with Crippen molar-refractivity contribution in [1.82, 2.24) is 10.2 Å². The number of unbranched alkanes of at least 4 members (excludes halogenated alkanes) is 2. The maximum atomic E-state index is 12.0. The van der Waals surface area contributed by atoms with Gasteiger partial charge in [0.25, 0.3) is 0 Å². The monoisotopic (exact) mass is 258 g/mol. The van der Waals surface area contributed by atoms with Crippen LogP contribution in [0, 0.1) is 0 Å².